The molecule has 282 valence electrons. The van der Waals surface area contributed by atoms with Crippen molar-refractivity contribution in [1.82, 2.24) is 4.40 Å². The average Bonchev–Trinajstić information content (AvgIpc) is 4.01. The molecule has 9 aromatic carbocycles. The van der Waals surface area contributed by atoms with Gasteiger partial charge in [0, 0.05) is 64.2 Å². The second-order valence-corrected chi connectivity index (χ2v) is 18.0. The first-order valence-electron chi connectivity index (χ1n) is 20.8. The molecule has 0 spiro atoms. The summed E-state index contributed by atoms with van der Waals surface area (Å²) in [6, 6.07) is 72.2. The van der Waals surface area contributed by atoms with Gasteiger partial charge in [-0.1, -0.05) is 153 Å². The Morgan fingerprint density at radius 3 is 1.88 bits per heavy atom. The highest BCUT2D eigenvalue weighted by atomic mass is 32.1. The fourth-order valence-electron chi connectivity index (χ4n) is 10.5. The topological polar surface area (TPSA) is 7.65 Å². The molecule has 0 atom stereocenters. The number of fused-ring (bicyclic) bond motifs is 12. The number of anilines is 3. The lowest BCUT2D eigenvalue weighted by molar-refractivity contribution is 0.660. The Bertz CT molecular complexity index is 3680. The minimum Gasteiger partial charge on any atom is -0.310 e. The Balaban J connectivity index is 0.958. The summed E-state index contributed by atoms with van der Waals surface area (Å²) in [5.41, 5.74) is 17.6. The minimum atomic E-state index is -0.0477. The number of thiophene rings is 1. The largest absolute Gasteiger partial charge is 0.310 e. The highest BCUT2D eigenvalue weighted by Gasteiger charge is 2.35. The van der Waals surface area contributed by atoms with Crippen LogP contribution in [-0.2, 0) is 5.41 Å². The van der Waals surface area contributed by atoms with E-state index in [4.69, 9.17) is 0 Å². The third-order valence-electron chi connectivity index (χ3n) is 13.3. The van der Waals surface area contributed by atoms with Crippen molar-refractivity contribution in [3.63, 3.8) is 0 Å². The molecule has 0 aliphatic heterocycles. The Morgan fingerprint density at radius 2 is 1.00 bits per heavy atom. The summed E-state index contributed by atoms with van der Waals surface area (Å²) in [6.07, 6.45) is 0. The van der Waals surface area contributed by atoms with E-state index in [1.165, 1.54) is 103 Å². The van der Waals surface area contributed by atoms with E-state index in [2.05, 4.69) is 217 Å². The first-order valence-corrected chi connectivity index (χ1v) is 21.7. The van der Waals surface area contributed by atoms with Crippen LogP contribution in [0.15, 0.2) is 194 Å². The van der Waals surface area contributed by atoms with E-state index in [1.54, 1.807) is 0 Å². The maximum atomic E-state index is 2.47. The lowest BCUT2D eigenvalue weighted by Crippen LogP contribution is -2.15. The molecular formula is C57H38N2S. The SMILES string of the molecule is CC1(C)c2ccccc2-c2cc(N(c3ccc(-c4ccccc4)cc3)c3ccc4c(c3)sc3cc(-c5cccc6c5c5cccc7c8ccccc8n6c75)ccc34)ccc21. The zero-order valence-corrected chi connectivity index (χ0v) is 34.1. The van der Waals surface area contributed by atoms with E-state index >= 15 is 0 Å². The zero-order valence-electron chi connectivity index (χ0n) is 33.3. The van der Waals surface area contributed by atoms with Gasteiger partial charge < -0.3 is 9.30 Å². The molecular weight excluding hydrogens is 745 g/mol. The molecule has 0 bridgehead atoms. The molecule has 3 aromatic heterocycles. The summed E-state index contributed by atoms with van der Waals surface area (Å²) in [6.45, 7) is 4.70. The maximum absolute atomic E-state index is 2.47. The van der Waals surface area contributed by atoms with Crippen LogP contribution < -0.4 is 4.90 Å². The normalized spacial score (nSPS) is 13.3. The lowest BCUT2D eigenvalue weighted by Gasteiger charge is -2.27. The summed E-state index contributed by atoms with van der Waals surface area (Å²) < 4.78 is 5.05. The van der Waals surface area contributed by atoms with Crippen LogP contribution in [0.4, 0.5) is 17.1 Å². The number of rotatable bonds is 5. The van der Waals surface area contributed by atoms with Crippen molar-refractivity contribution < 1.29 is 0 Å². The highest BCUT2D eigenvalue weighted by molar-refractivity contribution is 7.25. The van der Waals surface area contributed by atoms with Crippen molar-refractivity contribution >= 4 is 86.7 Å². The first kappa shape index (κ1) is 33.7. The van der Waals surface area contributed by atoms with Crippen molar-refractivity contribution in [3.8, 4) is 33.4 Å². The molecule has 1 aliphatic carbocycles. The lowest BCUT2D eigenvalue weighted by atomic mass is 9.82. The second kappa shape index (κ2) is 12.4. The van der Waals surface area contributed by atoms with Gasteiger partial charge in [0.15, 0.2) is 0 Å². The van der Waals surface area contributed by atoms with Gasteiger partial charge in [0.1, 0.15) is 0 Å². The number of benzene rings is 9. The fourth-order valence-corrected chi connectivity index (χ4v) is 11.7. The number of hydrogen-bond donors (Lipinski definition) is 0. The monoisotopic (exact) mass is 782 g/mol. The molecule has 1 aliphatic rings. The van der Waals surface area contributed by atoms with E-state index in [9.17, 15) is 0 Å². The van der Waals surface area contributed by atoms with E-state index < -0.39 is 0 Å². The van der Waals surface area contributed by atoms with Gasteiger partial charge in [0.2, 0.25) is 0 Å². The van der Waals surface area contributed by atoms with Gasteiger partial charge in [-0.05, 0) is 99.1 Å². The van der Waals surface area contributed by atoms with Crippen LogP contribution in [0.25, 0.3) is 91.6 Å². The average molecular weight is 783 g/mol. The Labute approximate surface area is 352 Å². The third kappa shape index (κ3) is 4.70. The molecule has 13 rings (SSSR count). The molecule has 0 N–H and O–H groups in total. The standard InChI is InChI=1S/C57H38N2S/c1-57(2)49-19-8-6-14-42(49)48-33-39(28-31-50(48)57)58(38-25-22-36(23-26-38)35-12-4-3-5-13-35)40-27-30-45-44-29-24-37(32-53(44)60-54(45)34-40)41-16-11-21-52-55(41)47-18-10-17-46-43-15-7-9-20-51(43)59(52)56(46)47/h3-34H,1-2H3. The van der Waals surface area contributed by atoms with Crippen molar-refractivity contribution in [2.45, 2.75) is 19.3 Å². The van der Waals surface area contributed by atoms with Crippen LogP contribution in [0.2, 0.25) is 0 Å². The van der Waals surface area contributed by atoms with Crippen LogP contribution in [0, 0.1) is 0 Å². The van der Waals surface area contributed by atoms with E-state index in [0.717, 1.165) is 17.1 Å². The molecule has 12 aromatic rings. The van der Waals surface area contributed by atoms with E-state index in [-0.39, 0.29) is 5.41 Å². The summed E-state index contributed by atoms with van der Waals surface area (Å²) in [5, 5.41) is 7.85. The van der Waals surface area contributed by atoms with Crippen molar-refractivity contribution in [2.75, 3.05) is 4.90 Å². The molecule has 3 heterocycles. The van der Waals surface area contributed by atoms with E-state index in [0.29, 0.717) is 0 Å². The molecule has 0 fully saturated rings. The van der Waals surface area contributed by atoms with Crippen molar-refractivity contribution in [2.24, 2.45) is 0 Å². The first-order chi connectivity index (χ1) is 29.5. The zero-order chi connectivity index (χ0) is 39.7. The molecule has 3 heteroatoms. The van der Waals surface area contributed by atoms with Gasteiger partial charge in [0.25, 0.3) is 0 Å². The molecule has 60 heavy (non-hydrogen) atoms. The molecule has 0 amide bonds. The molecule has 2 nitrogen and oxygen atoms in total. The molecule has 0 radical (unpaired) electrons. The Kier molecular flexibility index (Phi) is 6.98. The summed E-state index contributed by atoms with van der Waals surface area (Å²) >= 11 is 1.89. The summed E-state index contributed by atoms with van der Waals surface area (Å²) in [5.74, 6) is 0. The number of aromatic nitrogens is 1. The smallest absolute Gasteiger partial charge is 0.0620 e. The quantitative estimate of drug-likeness (QED) is 0.169. The number of nitrogens with zero attached hydrogens (tertiary/aromatic N) is 2. The summed E-state index contributed by atoms with van der Waals surface area (Å²) in [7, 11) is 0. The van der Waals surface area contributed by atoms with Gasteiger partial charge in [-0.2, -0.15) is 0 Å². The summed E-state index contributed by atoms with van der Waals surface area (Å²) in [4.78, 5) is 2.44. The Morgan fingerprint density at radius 1 is 0.400 bits per heavy atom. The minimum absolute atomic E-state index is 0.0477. The number of hydrogen-bond acceptors (Lipinski definition) is 2. The van der Waals surface area contributed by atoms with Gasteiger partial charge in [-0.15, -0.1) is 11.3 Å². The molecule has 0 saturated carbocycles. The van der Waals surface area contributed by atoms with Crippen LogP contribution in [-0.4, -0.2) is 4.40 Å². The van der Waals surface area contributed by atoms with Crippen molar-refractivity contribution in [1.29, 1.82) is 0 Å². The molecule has 0 saturated heterocycles. The van der Waals surface area contributed by atoms with E-state index in [1.807, 2.05) is 11.3 Å². The second-order valence-electron chi connectivity index (χ2n) is 16.9. The predicted molar refractivity (Wildman–Crippen MR) is 257 cm³/mol. The van der Waals surface area contributed by atoms with Crippen LogP contribution in [0.1, 0.15) is 25.0 Å². The number of para-hydroxylation sites is 2. The van der Waals surface area contributed by atoms with Gasteiger partial charge in [0.05, 0.1) is 16.6 Å². The van der Waals surface area contributed by atoms with Gasteiger partial charge in [-0.25, -0.2) is 0 Å². The van der Waals surface area contributed by atoms with Crippen LogP contribution in [0.3, 0.4) is 0 Å². The Hall–Kier alpha value is -7.20. The van der Waals surface area contributed by atoms with Crippen LogP contribution in [0.5, 0.6) is 0 Å². The van der Waals surface area contributed by atoms with Crippen molar-refractivity contribution in [3.05, 3.63) is 205 Å². The fraction of sp³-hybridized carbons (Fsp3) is 0.0526. The third-order valence-corrected chi connectivity index (χ3v) is 14.4. The predicted octanol–water partition coefficient (Wildman–Crippen LogP) is 16.3. The van der Waals surface area contributed by atoms with Gasteiger partial charge >= 0.3 is 0 Å². The van der Waals surface area contributed by atoms with Gasteiger partial charge in [-0.3, -0.25) is 0 Å². The highest BCUT2D eigenvalue weighted by Crippen LogP contribution is 2.51. The van der Waals surface area contributed by atoms with Crippen LogP contribution >= 0.6 is 11.3 Å². The maximum Gasteiger partial charge on any atom is 0.0620 e. The molecule has 0 unspecified atom stereocenters.